The van der Waals surface area contributed by atoms with Gasteiger partial charge in [0.15, 0.2) is 11.5 Å². The van der Waals surface area contributed by atoms with Gasteiger partial charge in [0.2, 0.25) is 0 Å². The van der Waals surface area contributed by atoms with Crippen LogP contribution in [0.4, 0.5) is 11.4 Å². The summed E-state index contributed by atoms with van der Waals surface area (Å²) < 4.78 is 27.7. The van der Waals surface area contributed by atoms with E-state index in [1.807, 2.05) is 6.07 Å². The maximum atomic E-state index is 12.3. The zero-order valence-electron chi connectivity index (χ0n) is 24.3. The van der Waals surface area contributed by atoms with Crippen molar-refractivity contribution >= 4 is 29.4 Å². The molecule has 0 atom stereocenters. The Hall–Kier alpha value is -4.66. The summed E-state index contributed by atoms with van der Waals surface area (Å²) in [7, 11) is 1.56. The van der Waals surface area contributed by atoms with E-state index in [1.54, 1.807) is 55.7 Å². The summed E-state index contributed by atoms with van der Waals surface area (Å²) in [6, 6.07) is 17.1. The minimum absolute atomic E-state index is 0.291. The lowest BCUT2D eigenvalue weighted by Gasteiger charge is -2.11. The van der Waals surface area contributed by atoms with E-state index in [4.69, 9.17) is 35.2 Å². The number of hydrogen-bond donors (Lipinski definition) is 2. The third-order valence-corrected chi connectivity index (χ3v) is 6.15. The van der Waals surface area contributed by atoms with Crippen LogP contribution in [-0.2, 0) is 9.53 Å². The van der Waals surface area contributed by atoms with Crippen molar-refractivity contribution in [3.8, 4) is 23.0 Å². The van der Waals surface area contributed by atoms with E-state index in [2.05, 4.69) is 6.92 Å². The van der Waals surface area contributed by atoms with Crippen LogP contribution in [-0.4, -0.2) is 38.9 Å². The number of ether oxygens (including phenoxy) is 5. The number of methoxy groups -OCH3 is 1. The fraction of sp³-hybridized carbons (Fsp3) is 0.333. The van der Waals surface area contributed by atoms with E-state index in [9.17, 15) is 9.59 Å². The van der Waals surface area contributed by atoms with Gasteiger partial charge in [0, 0.05) is 17.5 Å². The summed E-state index contributed by atoms with van der Waals surface area (Å²) in [4.78, 5) is 24.4. The average Bonchev–Trinajstić information content (AvgIpc) is 2.98. The number of carbonyl (C=O) groups is 2. The number of rotatable bonds is 17. The van der Waals surface area contributed by atoms with Gasteiger partial charge in [0.05, 0.1) is 32.5 Å². The van der Waals surface area contributed by atoms with Crippen LogP contribution < -0.4 is 30.4 Å². The topological polar surface area (TPSA) is 132 Å². The van der Waals surface area contributed by atoms with Gasteiger partial charge in [-0.15, -0.1) is 0 Å². The number of hydrogen-bond acceptors (Lipinski definition) is 9. The summed E-state index contributed by atoms with van der Waals surface area (Å²) in [6.07, 6.45) is 8.58. The highest BCUT2D eigenvalue weighted by atomic mass is 16.5. The molecular formula is C33H40N2O7. The first-order chi connectivity index (χ1) is 20.4. The highest BCUT2D eigenvalue weighted by Crippen LogP contribution is 2.29. The number of esters is 2. The van der Waals surface area contributed by atoms with Crippen LogP contribution in [0.1, 0.15) is 61.4 Å². The molecule has 0 spiro atoms. The molecule has 9 heteroatoms. The molecule has 9 nitrogen and oxygen atoms in total. The molecule has 0 heterocycles. The molecule has 3 aromatic rings. The summed E-state index contributed by atoms with van der Waals surface area (Å²) in [5, 5.41) is 0. The van der Waals surface area contributed by atoms with Gasteiger partial charge in [0.25, 0.3) is 0 Å². The van der Waals surface area contributed by atoms with E-state index < -0.39 is 11.9 Å². The maximum absolute atomic E-state index is 12.3. The van der Waals surface area contributed by atoms with Crippen molar-refractivity contribution in [1.82, 2.24) is 0 Å². The number of benzene rings is 3. The maximum Gasteiger partial charge on any atom is 0.338 e. The van der Waals surface area contributed by atoms with Gasteiger partial charge in [0.1, 0.15) is 11.5 Å². The largest absolute Gasteiger partial charge is 0.494 e. The van der Waals surface area contributed by atoms with E-state index >= 15 is 0 Å². The molecule has 0 radical (unpaired) electrons. The molecule has 0 aromatic heterocycles. The van der Waals surface area contributed by atoms with Crippen LogP contribution in [0, 0.1) is 0 Å². The lowest BCUT2D eigenvalue weighted by atomic mass is 10.2. The molecule has 0 aliphatic heterocycles. The Bertz CT molecular complexity index is 1300. The van der Waals surface area contributed by atoms with E-state index in [0.717, 1.165) is 43.4 Å². The quantitative estimate of drug-likeness (QED) is 0.0611. The first-order valence-electron chi connectivity index (χ1n) is 14.1. The second-order valence-corrected chi connectivity index (χ2v) is 9.63. The molecule has 224 valence electrons. The molecule has 0 aliphatic rings. The van der Waals surface area contributed by atoms with Crippen molar-refractivity contribution in [2.24, 2.45) is 0 Å². The van der Waals surface area contributed by atoms with Crippen LogP contribution in [0.5, 0.6) is 23.0 Å². The summed E-state index contributed by atoms with van der Waals surface area (Å²) in [5.41, 5.74) is 13.4. The summed E-state index contributed by atoms with van der Waals surface area (Å²) in [5.74, 6) is 1.40. The van der Waals surface area contributed by atoms with Gasteiger partial charge < -0.3 is 35.2 Å². The number of nitrogens with two attached hydrogens (primary N) is 2. The van der Waals surface area contributed by atoms with Gasteiger partial charge in [-0.3, -0.25) is 0 Å². The van der Waals surface area contributed by atoms with Crippen LogP contribution in [0.15, 0.2) is 66.7 Å². The Labute approximate surface area is 247 Å². The minimum Gasteiger partial charge on any atom is -0.494 e. The molecule has 42 heavy (non-hydrogen) atoms. The monoisotopic (exact) mass is 576 g/mol. The van der Waals surface area contributed by atoms with Gasteiger partial charge in [-0.2, -0.15) is 0 Å². The first kappa shape index (κ1) is 31.9. The normalized spacial score (nSPS) is 10.8. The lowest BCUT2D eigenvalue weighted by molar-refractivity contribution is -0.128. The average molecular weight is 577 g/mol. The predicted octanol–water partition coefficient (Wildman–Crippen LogP) is 6.45. The molecule has 0 saturated heterocycles. The molecule has 0 unspecified atom stereocenters. The Kier molecular flexibility index (Phi) is 13.1. The fourth-order valence-corrected chi connectivity index (χ4v) is 3.97. The van der Waals surface area contributed by atoms with Crippen molar-refractivity contribution in [2.45, 2.75) is 45.4 Å². The molecule has 0 amide bonds. The molecule has 4 N–H and O–H groups in total. The van der Waals surface area contributed by atoms with Crippen molar-refractivity contribution in [1.29, 1.82) is 0 Å². The van der Waals surface area contributed by atoms with Crippen molar-refractivity contribution < 1.29 is 33.3 Å². The van der Waals surface area contributed by atoms with Crippen LogP contribution in [0.2, 0.25) is 0 Å². The number of unbranched alkanes of at least 4 members (excludes halogenated alkanes) is 4. The highest BCUT2D eigenvalue weighted by Gasteiger charge is 2.09. The van der Waals surface area contributed by atoms with Gasteiger partial charge in [-0.1, -0.05) is 25.8 Å². The third kappa shape index (κ3) is 11.1. The second kappa shape index (κ2) is 17.2. The summed E-state index contributed by atoms with van der Waals surface area (Å²) in [6.45, 7) is 3.58. The molecule has 3 rings (SSSR count). The van der Waals surface area contributed by atoms with E-state index in [-0.39, 0.29) is 0 Å². The number of nitrogen functional groups attached to an aromatic ring is 2. The van der Waals surface area contributed by atoms with Crippen LogP contribution in [0.3, 0.4) is 0 Å². The third-order valence-electron chi connectivity index (χ3n) is 6.15. The standard InChI is InChI=1S/C33H40N2O7/c1-3-4-6-17-39-28-11-13-29(14-12-28)42-32(36)16-10-24-9-15-30(31(20-24)38-2)40-18-7-5-8-19-41-33(37)25-21-26(34)23-27(35)22-25/h9-16,20-23H,3-8,17-19,34-35H2,1-2H3. The van der Waals surface area contributed by atoms with Crippen LogP contribution in [0.25, 0.3) is 6.08 Å². The number of carbonyl (C=O) groups excluding carboxylic acids is 2. The van der Waals surface area contributed by atoms with E-state index in [1.165, 1.54) is 18.2 Å². The van der Waals surface area contributed by atoms with E-state index in [0.29, 0.717) is 60.4 Å². The molecule has 0 bridgehead atoms. The SMILES string of the molecule is CCCCCOc1ccc(OC(=O)C=Cc2ccc(OCCCCCOC(=O)c3cc(N)cc(N)c3)c(OC)c2)cc1. The first-order valence-corrected chi connectivity index (χ1v) is 14.1. The zero-order chi connectivity index (χ0) is 30.2. The Morgan fingerprint density at radius 1 is 0.738 bits per heavy atom. The molecule has 0 fully saturated rings. The van der Waals surface area contributed by atoms with Crippen LogP contribution >= 0.6 is 0 Å². The van der Waals surface area contributed by atoms with Crippen molar-refractivity contribution in [3.05, 3.63) is 77.9 Å². The summed E-state index contributed by atoms with van der Waals surface area (Å²) >= 11 is 0. The van der Waals surface area contributed by atoms with Crippen molar-refractivity contribution in [2.75, 3.05) is 38.4 Å². The lowest BCUT2D eigenvalue weighted by Crippen LogP contribution is -2.08. The molecule has 3 aromatic carbocycles. The minimum atomic E-state index is -0.492. The number of anilines is 2. The van der Waals surface area contributed by atoms with Crippen molar-refractivity contribution in [3.63, 3.8) is 0 Å². The zero-order valence-corrected chi connectivity index (χ0v) is 24.3. The van der Waals surface area contributed by atoms with Gasteiger partial charge in [-0.05, 0) is 91.9 Å². The molecular weight excluding hydrogens is 536 g/mol. The highest BCUT2D eigenvalue weighted by molar-refractivity contribution is 5.91. The second-order valence-electron chi connectivity index (χ2n) is 9.63. The molecule has 0 saturated carbocycles. The fourth-order valence-electron chi connectivity index (χ4n) is 3.97. The molecule has 0 aliphatic carbocycles. The Morgan fingerprint density at radius 2 is 1.40 bits per heavy atom. The Balaban J connectivity index is 1.37. The van der Waals surface area contributed by atoms with Gasteiger partial charge >= 0.3 is 11.9 Å². The predicted molar refractivity (Wildman–Crippen MR) is 164 cm³/mol. The Morgan fingerprint density at radius 3 is 2.12 bits per heavy atom. The smallest absolute Gasteiger partial charge is 0.338 e. The van der Waals surface area contributed by atoms with Gasteiger partial charge in [-0.25, -0.2) is 9.59 Å².